The van der Waals surface area contributed by atoms with Crippen LogP contribution >= 0.6 is 0 Å². The fourth-order valence-corrected chi connectivity index (χ4v) is 322. The van der Waals surface area contributed by atoms with Crippen molar-refractivity contribution in [2.45, 2.75) is 157 Å². The fraction of sp³-hybridized carbons (Fsp3) is 0.962. The first-order valence-corrected chi connectivity index (χ1v) is 55.0. The highest BCUT2D eigenvalue weighted by Crippen LogP contribution is 2.48. The lowest BCUT2D eigenvalue weighted by molar-refractivity contribution is -0.140. The summed E-state index contributed by atoms with van der Waals surface area (Å²) in [5, 5.41) is 0. The molecule has 38 heavy (non-hydrogen) atoms. The molecule has 0 saturated heterocycles. The topological polar surface area (TPSA) is 26.3 Å². The van der Waals surface area contributed by atoms with Crippen molar-refractivity contribution in [1.82, 2.24) is 0 Å². The van der Waals surface area contributed by atoms with Crippen LogP contribution in [0, 0.1) is 0 Å². The Hall–Kier alpha value is 1.64. The van der Waals surface area contributed by atoms with E-state index in [0.717, 1.165) is 6.42 Å². The number of hydrogen-bond acceptors (Lipinski definition) is 2. The summed E-state index contributed by atoms with van der Waals surface area (Å²) in [5.41, 5.74) is 0. The zero-order valence-electron chi connectivity index (χ0n) is 30.4. The maximum absolute atomic E-state index is 11.4. The van der Waals surface area contributed by atoms with Gasteiger partial charge in [0.25, 0.3) is 0 Å². The van der Waals surface area contributed by atoms with E-state index in [1.165, 1.54) is 6.04 Å². The van der Waals surface area contributed by atoms with Gasteiger partial charge >= 0.3 is 5.97 Å². The first kappa shape index (κ1) is 39.6. The number of carbonyl (C=O) groups is 1. The Morgan fingerprint density at radius 3 is 0.974 bits per heavy atom. The van der Waals surface area contributed by atoms with E-state index in [0.29, 0.717) is 6.61 Å². The van der Waals surface area contributed by atoms with Crippen LogP contribution in [0.2, 0.25) is 144 Å². The minimum atomic E-state index is -1.46. The fourth-order valence-electron chi connectivity index (χ4n) is 7.51. The highest BCUT2D eigenvalue weighted by Gasteiger charge is 2.71. The molecule has 0 rings (SSSR count). The molecule has 0 amide bonds. The monoisotopic (exact) mass is 696 g/mol. The number of rotatable bonds is 13. The molecular formula is C26H72O2Si10. The summed E-state index contributed by atoms with van der Waals surface area (Å²) >= 11 is 0. The zero-order chi connectivity index (χ0) is 31.4. The van der Waals surface area contributed by atoms with Gasteiger partial charge in [0.05, 0.1) is 6.61 Å². The van der Waals surface area contributed by atoms with E-state index in [-0.39, 0.29) is 5.97 Å². The molecule has 0 N–H and O–H groups in total. The average Bonchev–Trinajstić information content (AvgIpc) is 2.68. The Morgan fingerprint density at radius 2 is 0.711 bits per heavy atom. The van der Waals surface area contributed by atoms with Gasteiger partial charge in [0.1, 0.15) is 0 Å². The van der Waals surface area contributed by atoms with Gasteiger partial charge in [-0.2, -0.15) is 0 Å². The summed E-state index contributed by atoms with van der Waals surface area (Å²) in [6.07, 6.45) is 1.07. The Morgan fingerprint density at radius 1 is 0.447 bits per heavy atom. The molecule has 228 valence electrons. The van der Waals surface area contributed by atoms with E-state index in [4.69, 9.17) is 4.74 Å². The van der Waals surface area contributed by atoms with E-state index in [9.17, 15) is 4.79 Å². The Balaban J connectivity index is 6.76. The molecule has 0 aromatic rings. The summed E-state index contributed by atoms with van der Waals surface area (Å²) < 4.78 is 5.37. The largest absolute Gasteiger partial charge is 0.466 e. The second-order valence-electron chi connectivity index (χ2n) is 18.6. The van der Waals surface area contributed by atoms with Crippen molar-refractivity contribution in [1.29, 1.82) is 0 Å². The van der Waals surface area contributed by atoms with Crippen molar-refractivity contribution in [2.75, 3.05) is 6.61 Å². The number of esters is 1. The first-order valence-electron chi connectivity index (χ1n) is 15.3. The number of hydrogen-bond donors (Lipinski definition) is 0. The SMILES string of the molecule is CC(=O)OCCC[Si](C)(C)[Si](C)(C)[Si](C)(C)[Si](C)(C)[Si](C)(C)[Si](C)(C)[Si](C)(C)[Si](C)(C)[Si](C)(C)[Si](C)(C)C. The van der Waals surface area contributed by atoms with E-state index in [2.05, 4.69) is 137 Å². The van der Waals surface area contributed by atoms with Crippen LogP contribution in [0.15, 0.2) is 0 Å². The summed E-state index contributed by atoms with van der Waals surface area (Å²) in [5.74, 6) is -0.122. The van der Waals surface area contributed by atoms with E-state index in [1.807, 2.05) is 0 Å². The Bertz CT molecular complexity index is 851. The molecule has 0 saturated carbocycles. The average molecular weight is 698 g/mol. The van der Waals surface area contributed by atoms with Gasteiger partial charge in [0.15, 0.2) is 0 Å². The van der Waals surface area contributed by atoms with Gasteiger partial charge in [-0.3, -0.25) is 4.79 Å². The van der Waals surface area contributed by atoms with Gasteiger partial charge in [0, 0.05) is 79.0 Å². The molecule has 0 heterocycles. The van der Waals surface area contributed by atoms with Gasteiger partial charge in [-0.15, -0.1) is 0 Å². The lowest BCUT2D eigenvalue weighted by Gasteiger charge is -2.67. The molecule has 0 unspecified atom stereocenters. The molecule has 0 aliphatic carbocycles. The normalized spacial score (nSPS) is 16.1. The van der Waals surface area contributed by atoms with E-state index in [1.54, 1.807) is 6.92 Å². The molecule has 0 fully saturated rings. The van der Waals surface area contributed by atoms with Crippen LogP contribution in [-0.4, -0.2) is 84.6 Å². The minimum absolute atomic E-state index is 0.122. The van der Waals surface area contributed by atoms with Crippen LogP contribution in [0.5, 0.6) is 0 Å². The van der Waals surface area contributed by atoms with Crippen molar-refractivity contribution in [3.63, 3.8) is 0 Å². The second-order valence-corrected chi connectivity index (χ2v) is 134. The molecular weight excluding hydrogens is 625 g/mol. The third kappa shape index (κ3) is 6.15. The minimum Gasteiger partial charge on any atom is -0.466 e. The van der Waals surface area contributed by atoms with Crippen LogP contribution in [0.25, 0.3) is 0 Å². The van der Waals surface area contributed by atoms with Crippen molar-refractivity contribution < 1.29 is 9.53 Å². The van der Waals surface area contributed by atoms with E-state index < -0.39 is 72.1 Å². The summed E-state index contributed by atoms with van der Waals surface area (Å²) in [6.45, 7) is 62.4. The highest BCUT2D eigenvalue weighted by molar-refractivity contribution is 8.07. The molecule has 0 bridgehead atoms. The van der Waals surface area contributed by atoms with Crippen LogP contribution in [0.3, 0.4) is 0 Å². The summed E-state index contributed by atoms with van der Waals surface area (Å²) in [7, 11) is -13.8. The molecule has 0 spiro atoms. The Labute approximate surface area is 249 Å². The van der Waals surface area contributed by atoms with Gasteiger partial charge in [-0.25, -0.2) is 0 Å². The molecule has 0 aliphatic rings. The number of ether oxygens (including phenoxy) is 1. The summed E-state index contributed by atoms with van der Waals surface area (Å²) in [4.78, 5) is 11.4. The highest BCUT2D eigenvalue weighted by atomic mass is 30.1. The maximum atomic E-state index is 11.4. The van der Waals surface area contributed by atoms with Gasteiger partial charge in [0.2, 0.25) is 0 Å². The van der Waals surface area contributed by atoms with Crippen molar-refractivity contribution in [3.8, 4) is 0 Å². The van der Waals surface area contributed by atoms with Crippen molar-refractivity contribution in [3.05, 3.63) is 0 Å². The Kier molecular flexibility index (Phi) is 12.1. The number of carbonyl (C=O) groups excluding carboxylic acids is 1. The van der Waals surface area contributed by atoms with Gasteiger partial charge < -0.3 is 4.74 Å². The lowest BCUT2D eigenvalue weighted by atomic mass is 10.5. The maximum Gasteiger partial charge on any atom is 0.302 e. The van der Waals surface area contributed by atoms with Crippen molar-refractivity contribution in [2.24, 2.45) is 0 Å². The molecule has 12 heteroatoms. The molecule has 0 atom stereocenters. The standard InChI is InChI=1S/C26H72O2Si10/c1-26(27)28-24-23-25-30(5,6)32(9,10)34(13,14)36(17,18)38(21,22)37(19,20)35(15,16)33(11,12)31(7,8)29(2,3)4/h23-25H2,1-22H3. The third-order valence-electron chi connectivity index (χ3n) is 15.8. The smallest absolute Gasteiger partial charge is 0.302 e. The van der Waals surface area contributed by atoms with Gasteiger partial charge in [-0.1, -0.05) is 144 Å². The van der Waals surface area contributed by atoms with Crippen LogP contribution < -0.4 is 0 Å². The van der Waals surface area contributed by atoms with E-state index >= 15 is 0 Å². The third-order valence-corrected chi connectivity index (χ3v) is 241. The predicted molar refractivity (Wildman–Crippen MR) is 207 cm³/mol. The predicted octanol–water partition coefficient (Wildman–Crippen LogP) is 9.36. The molecule has 0 radical (unpaired) electrons. The molecule has 0 aromatic carbocycles. The first-order chi connectivity index (χ1) is 16.2. The van der Waals surface area contributed by atoms with Crippen LogP contribution in [-0.2, 0) is 9.53 Å². The summed E-state index contributed by atoms with van der Waals surface area (Å²) in [6, 6.07) is 1.33. The van der Waals surface area contributed by atoms with Crippen LogP contribution in [0.1, 0.15) is 13.3 Å². The lowest BCUT2D eigenvalue weighted by Crippen LogP contribution is -2.94. The quantitative estimate of drug-likeness (QED) is 0.109. The molecule has 0 aliphatic heterocycles. The zero-order valence-corrected chi connectivity index (χ0v) is 40.4. The molecule has 2 nitrogen and oxygen atoms in total. The molecule has 0 aromatic heterocycles. The van der Waals surface area contributed by atoms with Crippen LogP contribution in [0.4, 0.5) is 0 Å². The van der Waals surface area contributed by atoms with Gasteiger partial charge in [-0.05, 0) is 6.42 Å². The second kappa shape index (κ2) is 11.6. The van der Waals surface area contributed by atoms with Crippen molar-refractivity contribution >= 4 is 78.0 Å².